The van der Waals surface area contributed by atoms with Crippen molar-refractivity contribution in [1.29, 1.82) is 0 Å². The van der Waals surface area contributed by atoms with Crippen molar-refractivity contribution in [3.05, 3.63) is 5.92 Å². The van der Waals surface area contributed by atoms with Gasteiger partial charge < -0.3 is 0 Å². The highest BCUT2D eigenvalue weighted by molar-refractivity contribution is 6.17. The predicted molar refractivity (Wildman–Crippen MR) is 66.7 cm³/mol. The van der Waals surface area contributed by atoms with Crippen molar-refractivity contribution >= 4 is 10.2 Å². The second-order valence-electron chi connectivity index (χ2n) is 5.64. The summed E-state index contributed by atoms with van der Waals surface area (Å²) in [4.78, 5) is 0. The minimum atomic E-state index is 0.794. The van der Waals surface area contributed by atoms with E-state index in [0.29, 0.717) is 0 Å². The first-order valence-corrected chi connectivity index (χ1v) is 7.66. The molecule has 0 amide bonds. The third-order valence-corrected chi connectivity index (χ3v) is 6.22. The Hall–Kier alpha value is 0.217. The first kappa shape index (κ1) is 10.7. The second kappa shape index (κ2) is 4.83. The molecule has 2 saturated carbocycles. The first-order valence-electron chi connectivity index (χ1n) is 6.66. The Morgan fingerprint density at radius 3 is 1.79 bits per heavy atom. The van der Waals surface area contributed by atoms with Crippen LogP contribution in [0.4, 0.5) is 0 Å². The topological polar surface area (TPSA) is 0 Å². The quantitative estimate of drug-likeness (QED) is 0.459. The lowest BCUT2D eigenvalue weighted by Crippen LogP contribution is -2.24. The molecule has 0 atom stereocenters. The molecule has 2 rings (SSSR count). The van der Waals surface area contributed by atoms with Crippen molar-refractivity contribution in [2.45, 2.75) is 75.7 Å². The van der Waals surface area contributed by atoms with Crippen LogP contribution in [0.15, 0.2) is 0 Å². The molecule has 0 spiro atoms. The van der Waals surface area contributed by atoms with Gasteiger partial charge in [-0.15, -0.1) is 0 Å². The number of rotatable bonds is 1. The van der Waals surface area contributed by atoms with E-state index in [1.54, 1.807) is 12.8 Å². The van der Waals surface area contributed by atoms with E-state index in [1.165, 1.54) is 68.0 Å². The summed E-state index contributed by atoms with van der Waals surface area (Å²) in [5.41, 5.74) is 0. The van der Waals surface area contributed by atoms with Crippen molar-refractivity contribution in [2.24, 2.45) is 0 Å². The number of hydrogen-bond donors (Lipinski definition) is 0. The molecular formula is C13H25Si. The fraction of sp³-hybridized carbons (Fsp3) is 0.923. The molecule has 0 aromatic rings. The van der Waals surface area contributed by atoms with Gasteiger partial charge in [0.1, 0.15) is 0 Å². The van der Waals surface area contributed by atoms with Crippen LogP contribution in [0.3, 0.4) is 0 Å². The molecule has 0 aliphatic heterocycles. The summed E-state index contributed by atoms with van der Waals surface area (Å²) in [7, 11) is 1.43. The van der Waals surface area contributed by atoms with Gasteiger partial charge in [0.15, 0.2) is 0 Å². The van der Waals surface area contributed by atoms with Crippen LogP contribution in [0.25, 0.3) is 0 Å². The Labute approximate surface area is 92.3 Å². The lowest BCUT2D eigenvalue weighted by molar-refractivity contribution is 0.365. The van der Waals surface area contributed by atoms with Crippen LogP contribution in [-0.2, 0) is 0 Å². The van der Waals surface area contributed by atoms with Gasteiger partial charge in [-0.3, -0.25) is 0 Å². The van der Waals surface area contributed by atoms with Gasteiger partial charge >= 0.3 is 0 Å². The highest BCUT2D eigenvalue weighted by Crippen LogP contribution is 2.52. The Morgan fingerprint density at radius 2 is 1.21 bits per heavy atom. The summed E-state index contributed by atoms with van der Waals surface area (Å²) in [6.45, 7) is 0. The molecule has 1 radical (unpaired) electrons. The summed E-state index contributed by atoms with van der Waals surface area (Å²) in [5.74, 6) is 2.00. The molecule has 2 aliphatic rings. The summed E-state index contributed by atoms with van der Waals surface area (Å²) in [5, 5.41) is 0.794. The molecule has 0 unspecified atom stereocenters. The molecule has 0 aromatic carbocycles. The molecule has 81 valence electrons. The maximum atomic E-state index is 2.00. The average Bonchev–Trinajstić information content (AvgIpc) is 2.47. The fourth-order valence-electron chi connectivity index (χ4n) is 3.44. The Kier molecular flexibility index (Phi) is 3.70. The molecule has 0 heterocycles. The van der Waals surface area contributed by atoms with Gasteiger partial charge in [0.25, 0.3) is 0 Å². The summed E-state index contributed by atoms with van der Waals surface area (Å²) in [6.07, 6.45) is 16.6. The van der Waals surface area contributed by atoms with Gasteiger partial charge in [0.05, 0.1) is 0 Å². The highest BCUT2D eigenvalue weighted by atomic mass is 28.1. The standard InChI is InChI=1S/C13H25Si/c14-13(10-6-3-7-11-13)12-8-4-1-2-5-9-12/h1-11H2,14H3. The lowest BCUT2D eigenvalue weighted by Gasteiger charge is -2.40. The van der Waals surface area contributed by atoms with Gasteiger partial charge in [0, 0.05) is 10.2 Å². The molecular weight excluding hydrogens is 184 g/mol. The van der Waals surface area contributed by atoms with Gasteiger partial charge in [-0.05, 0) is 23.8 Å². The van der Waals surface area contributed by atoms with E-state index in [-0.39, 0.29) is 0 Å². The van der Waals surface area contributed by atoms with Gasteiger partial charge in [-0.25, -0.2) is 0 Å². The van der Waals surface area contributed by atoms with E-state index in [1.807, 2.05) is 5.92 Å². The fourth-order valence-corrected chi connectivity index (χ4v) is 4.65. The largest absolute Gasteiger partial charge is 0.0533 e. The molecule has 1 heteroatoms. The maximum Gasteiger partial charge on any atom is 0.0114 e. The van der Waals surface area contributed by atoms with Crippen LogP contribution in [0.2, 0.25) is 5.04 Å². The van der Waals surface area contributed by atoms with Crippen LogP contribution in [0.1, 0.15) is 70.6 Å². The highest BCUT2D eigenvalue weighted by Gasteiger charge is 2.35. The van der Waals surface area contributed by atoms with Crippen LogP contribution in [0, 0.1) is 5.92 Å². The lowest BCUT2D eigenvalue weighted by atomic mass is 9.75. The average molecular weight is 209 g/mol. The van der Waals surface area contributed by atoms with Crippen LogP contribution in [0.5, 0.6) is 0 Å². The van der Waals surface area contributed by atoms with E-state index < -0.39 is 0 Å². The normalized spacial score (nSPS) is 30.0. The molecule has 0 bridgehead atoms. The van der Waals surface area contributed by atoms with Crippen LogP contribution in [-0.4, -0.2) is 10.2 Å². The van der Waals surface area contributed by atoms with Crippen molar-refractivity contribution in [3.63, 3.8) is 0 Å². The maximum absolute atomic E-state index is 2.00. The smallest absolute Gasteiger partial charge is 0.0114 e. The minimum absolute atomic E-state index is 0.794. The molecule has 0 nitrogen and oxygen atoms in total. The summed E-state index contributed by atoms with van der Waals surface area (Å²) >= 11 is 0. The molecule has 0 saturated heterocycles. The molecule has 14 heavy (non-hydrogen) atoms. The summed E-state index contributed by atoms with van der Waals surface area (Å²) in [6, 6.07) is 0. The third-order valence-electron chi connectivity index (χ3n) is 4.52. The van der Waals surface area contributed by atoms with Crippen molar-refractivity contribution in [3.8, 4) is 0 Å². The molecule has 2 aliphatic carbocycles. The van der Waals surface area contributed by atoms with Crippen LogP contribution < -0.4 is 0 Å². The van der Waals surface area contributed by atoms with Gasteiger partial charge in [-0.1, -0.05) is 57.8 Å². The van der Waals surface area contributed by atoms with Crippen molar-refractivity contribution < 1.29 is 0 Å². The zero-order chi connectivity index (χ0) is 9.86. The first-order chi connectivity index (χ1) is 6.81. The third kappa shape index (κ3) is 2.42. The van der Waals surface area contributed by atoms with E-state index in [9.17, 15) is 0 Å². The second-order valence-corrected chi connectivity index (χ2v) is 7.55. The molecule has 0 aromatic heterocycles. The van der Waals surface area contributed by atoms with E-state index in [0.717, 1.165) is 5.04 Å². The Bertz CT molecular complexity index is 162. The van der Waals surface area contributed by atoms with Gasteiger partial charge in [-0.2, -0.15) is 0 Å². The van der Waals surface area contributed by atoms with E-state index in [4.69, 9.17) is 0 Å². The van der Waals surface area contributed by atoms with Gasteiger partial charge in [0.2, 0.25) is 0 Å². The van der Waals surface area contributed by atoms with Crippen molar-refractivity contribution in [2.75, 3.05) is 0 Å². The monoisotopic (exact) mass is 209 g/mol. The van der Waals surface area contributed by atoms with Crippen molar-refractivity contribution in [1.82, 2.24) is 0 Å². The predicted octanol–water partition coefficient (Wildman–Crippen LogP) is 3.40. The number of hydrogen-bond acceptors (Lipinski definition) is 0. The zero-order valence-electron chi connectivity index (χ0n) is 9.78. The minimum Gasteiger partial charge on any atom is -0.0533 e. The van der Waals surface area contributed by atoms with Crippen LogP contribution >= 0.6 is 0 Å². The molecule has 0 N–H and O–H groups in total. The summed E-state index contributed by atoms with van der Waals surface area (Å²) < 4.78 is 0. The van der Waals surface area contributed by atoms with E-state index in [2.05, 4.69) is 0 Å². The Morgan fingerprint density at radius 1 is 0.714 bits per heavy atom. The SMILES string of the molecule is [SiH3]C1([C]2CCCCCC2)CCCCC1. The molecule has 2 fully saturated rings. The Balaban J connectivity index is 1.95. The van der Waals surface area contributed by atoms with E-state index >= 15 is 0 Å². The zero-order valence-corrected chi connectivity index (χ0v) is 11.8.